The summed E-state index contributed by atoms with van der Waals surface area (Å²) in [5, 5.41) is 42.3. The minimum absolute atomic E-state index is 0.194. The summed E-state index contributed by atoms with van der Waals surface area (Å²) in [7, 11) is 2.08. The van der Waals surface area contributed by atoms with Crippen LogP contribution in [0.4, 0.5) is 5.95 Å². The number of benzene rings is 2. The van der Waals surface area contributed by atoms with E-state index in [-0.39, 0.29) is 11.8 Å². The number of aliphatic hydroxyl groups is 2. The number of aryl methyl sites for hydroxylation is 1. The smallest absolute Gasteiger partial charge is 0.335 e. The number of nitrogens with one attached hydrogen (secondary N) is 2. The van der Waals surface area contributed by atoms with Gasteiger partial charge < -0.3 is 30.2 Å². The number of hydrogen-bond donors (Lipinski definition) is 6. The number of anilines is 1. The molecule has 1 aliphatic rings. The number of H-pyrrole nitrogens is 1. The Morgan fingerprint density at radius 3 is 2.17 bits per heavy atom. The number of aromatic nitrogens is 4. The minimum Gasteiger partial charge on any atom is -0.479 e. The number of aliphatic carboxylic acids is 2. The number of rotatable bonds is 11. The first-order valence-corrected chi connectivity index (χ1v) is 14.9. The first-order chi connectivity index (χ1) is 22.5. The van der Waals surface area contributed by atoms with Crippen molar-refractivity contribution < 1.29 is 39.6 Å². The second-order valence-electron chi connectivity index (χ2n) is 10.9. The van der Waals surface area contributed by atoms with Crippen molar-refractivity contribution in [3.05, 3.63) is 84.4 Å². The molecule has 15 heteroatoms. The van der Waals surface area contributed by atoms with Crippen LogP contribution in [-0.2, 0) is 20.8 Å². The lowest BCUT2D eigenvalue weighted by Crippen LogP contribution is -2.47. The van der Waals surface area contributed by atoms with E-state index in [0.29, 0.717) is 30.8 Å². The number of nitrogens with zero attached hydrogens (tertiary/aromatic N) is 5. The van der Waals surface area contributed by atoms with Crippen molar-refractivity contribution in [2.75, 3.05) is 38.5 Å². The number of para-hydroxylation sites is 1. The van der Waals surface area contributed by atoms with Crippen LogP contribution in [0.2, 0.25) is 0 Å². The number of hydrogen-bond acceptors (Lipinski definition) is 9. The number of likely N-dealkylation sites (N-methyl/N-ethyl adjacent to an activating group) is 1. The van der Waals surface area contributed by atoms with Gasteiger partial charge in [-0.05, 0) is 43.7 Å². The Labute approximate surface area is 270 Å². The van der Waals surface area contributed by atoms with Crippen molar-refractivity contribution in [1.82, 2.24) is 29.5 Å². The van der Waals surface area contributed by atoms with Crippen LogP contribution in [0.1, 0.15) is 28.9 Å². The highest BCUT2D eigenvalue weighted by atomic mass is 16.4. The Hall–Kier alpha value is -5.38. The van der Waals surface area contributed by atoms with E-state index in [4.69, 9.17) is 25.4 Å². The Bertz CT molecular complexity index is 1630. The number of amides is 2. The zero-order valence-electron chi connectivity index (χ0n) is 25.7. The quantitative estimate of drug-likeness (QED) is 0.137. The molecular weight excluding hydrogens is 610 g/mol. The number of carboxylic acids is 2. The fourth-order valence-electron chi connectivity index (χ4n) is 4.83. The van der Waals surface area contributed by atoms with Crippen molar-refractivity contribution in [1.29, 1.82) is 0 Å². The summed E-state index contributed by atoms with van der Waals surface area (Å²) in [6.45, 7) is 3.41. The topological polar surface area (TPSA) is 214 Å². The minimum atomic E-state index is -2.27. The fourth-order valence-corrected chi connectivity index (χ4v) is 4.83. The van der Waals surface area contributed by atoms with E-state index in [2.05, 4.69) is 27.5 Å². The molecule has 1 aliphatic heterocycles. The monoisotopic (exact) mass is 647 g/mol. The normalized spacial score (nSPS) is 14.4. The van der Waals surface area contributed by atoms with Gasteiger partial charge in [0.2, 0.25) is 11.9 Å². The van der Waals surface area contributed by atoms with Crippen LogP contribution in [0, 0.1) is 0 Å². The van der Waals surface area contributed by atoms with Gasteiger partial charge in [0.15, 0.2) is 12.2 Å². The molecule has 0 saturated carbocycles. The lowest BCUT2D eigenvalue weighted by molar-refractivity contribution is -0.165. The van der Waals surface area contributed by atoms with E-state index in [1.807, 2.05) is 64.2 Å². The molecule has 248 valence electrons. The van der Waals surface area contributed by atoms with Crippen molar-refractivity contribution in [3.8, 4) is 16.8 Å². The summed E-state index contributed by atoms with van der Waals surface area (Å²) in [5.74, 6) is -3.15. The Morgan fingerprint density at radius 2 is 1.55 bits per heavy atom. The summed E-state index contributed by atoms with van der Waals surface area (Å²) < 4.78 is 1.88. The molecule has 5 rings (SSSR count). The van der Waals surface area contributed by atoms with Gasteiger partial charge in [-0.25, -0.2) is 14.6 Å². The summed E-state index contributed by atoms with van der Waals surface area (Å²) in [4.78, 5) is 54.5. The lowest BCUT2D eigenvalue weighted by atomic mass is 10.0. The zero-order chi connectivity index (χ0) is 33.9. The molecule has 4 aromatic rings. The van der Waals surface area contributed by atoms with Gasteiger partial charge in [0.1, 0.15) is 0 Å². The standard InChI is InChI=1S/C28H31N7O2.C4H6O6/c1-33-14-16-34(17-15-33)26(36)13-7-8-22-20-35(23-9-3-2-4-10-23)28(31-22)32-27(37)25-12-6-5-11-24(25)21-18-29-30-19-21;5-1(3(7)8)2(6)4(9)10/h2-6,9-12,18-20H,7-8,13-17H2,1H3,(H,29,30)(H,31,32,37);1-2,5-6H,(H,7,8)(H,9,10)/t;1-,2-/m.1/s1. The number of imidazole rings is 1. The third-order valence-electron chi connectivity index (χ3n) is 7.48. The van der Waals surface area contributed by atoms with Crippen LogP contribution >= 0.6 is 0 Å². The molecule has 2 atom stereocenters. The average Bonchev–Trinajstić information content (AvgIpc) is 3.76. The summed E-state index contributed by atoms with van der Waals surface area (Å²) in [5.41, 5.74) is 3.88. The Balaban J connectivity index is 0.000000434. The summed E-state index contributed by atoms with van der Waals surface area (Å²) in [6, 6.07) is 17.2. The molecule has 3 heterocycles. The predicted molar refractivity (Wildman–Crippen MR) is 170 cm³/mol. The van der Waals surface area contributed by atoms with Crippen LogP contribution in [-0.4, -0.2) is 119 Å². The molecule has 0 radical (unpaired) electrons. The molecule has 0 aliphatic carbocycles. The van der Waals surface area contributed by atoms with Crippen LogP contribution in [0.15, 0.2) is 73.2 Å². The lowest BCUT2D eigenvalue weighted by Gasteiger charge is -2.32. The second kappa shape index (κ2) is 16.3. The zero-order valence-corrected chi connectivity index (χ0v) is 25.7. The number of carbonyl (C=O) groups excluding carboxylic acids is 2. The van der Waals surface area contributed by atoms with Crippen LogP contribution in [0.25, 0.3) is 16.8 Å². The molecule has 2 aromatic heterocycles. The van der Waals surface area contributed by atoms with Crippen LogP contribution in [0.5, 0.6) is 0 Å². The molecule has 0 bridgehead atoms. The first kappa shape index (κ1) is 34.5. The first-order valence-electron chi connectivity index (χ1n) is 14.9. The molecule has 2 aromatic carbocycles. The third-order valence-corrected chi connectivity index (χ3v) is 7.48. The van der Waals surface area contributed by atoms with Crippen molar-refractivity contribution >= 4 is 29.7 Å². The highest BCUT2D eigenvalue weighted by molar-refractivity contribution is 6.08. The van der Waals surface area contributed by atoms with E-state index in [0.717, 1.165) is 48.7 Å². The molecule has 6 N–H and O–H groups in total. The Morgan fingerprint density at radius 1 is 0.915 bits per heavy atom. The van der Waals surface area contributed by atoms with E-state index in [9.17, 15) is 19.2 Å². The number of aliphatic hydroxyl groups excluding tert-OH is 2. The van der Waals surface area contributed by atoms with Crippen LogP contribution in [0.3, 0.4) is 0 Å². The molecule has 1 fully saturated rings. The molecular formula is C32H37N7O8. The largest absolute Gasteiger partial charge is 0.479 e. The number of aromatic amines is 1. The van der Waals surface area contributed by atoms with E-state index in [1.54, 1.807) is 18.5 Å². The highest BCUT2D eigenvalue weighted by Crippen LogP contribution is 2.25. The van der Waals surface area contributed by atoms with Crippen molar-refractivity contribution in [2.45, 2.75) is 31.5 Å². The van der Waals surface area contributed by atoms with Gasteiger partial charge in [-0.15, -0.1) is 0 Å². The highest BCUT2D eigenvalue weighted by Gasteiger charge is 2.29. The molecule has 15 nitrogen and oxygen atoms in total. The third kappa shape index (κ3) is 9.32. The predicted octanol–water partition coefficient (Wildman–Crippen LogP) is 1.49. The van der Waals surface area contributed by atoms with Gasteiger partial charge >= 0.3 is 11.9 Å². The SMILES string of the molecule is CN1CCN(C(=O)CCCc2cn(-c3ccccc3)c(NC(=O)c3ccccc3-c3cn[nH]c3)n2)CC1.O=C(O)[C@H](O)[C@@H](O)C(=O)O. The molecule has 47 heavy (non-hydrogen) atoms. The number of carbonyl (C=O) groups is 4. The van der Waals surface area contributed by atoms with Gasteiger partial charge in [0, 0.05) is 61.8 Å². The van der Waals surface area contributed by atoms with E-state index in [1.165, 1.54) is 0 Å². The van der Waals surface area contributed by atoms with Crippen LogP contribution < -0.4 is 5.32 Å². The van der Waals surface area contributed by atoms with E-state index < -0.39 is 24.1 Å². The van der Waals surface area contributed by atoms with Gasteiger partial charge in [-0.1, -0.05) is 36.4 Å². The van der Waals surface area contributed by atoms with Gasteiger partial charge in [0.05, 0.1) is 11.9 Å². The molecule has 0 unspecified atom stereocenters. The Kier molecular flexibility index (Phi) is 11.9. The maximum absolute atomic E-state index is 13.4. The second-order valence-corrected chi connectivity index (χ2v) is 10.9. The molecule has 0 spiro atoms. The van der Waals surface area contributed by atoms with Gasteiger partial charge in [-0.2, -0.15) is 5.10 Å². The average molecular weight is 648 g/mol. The van der Waals surface area contributed by atoms with Crippen molar-refractivity contribution in [3.63, 3.8) is 0 Å². The maximum Gasteiger partial charge on any atom is 0.335 e. The number of carboxylic acid groups (broad SMARTS) is 2. The maximum atomic E-state index is 13.4. The van der Waals surface area contributed by atoms with Crippen molar-refractivity contribution in [2.24, 2.45) is 0 Å². The summed E-state index contributed by atoms with van der Waals surface area (Å²) in [6.07, 6.45) is 2.70. The molecule has 2 amide bonds. The molecule has 1 saturated heterocycles. The fraction of sp³-hybridized carbons (Fsp3) is 0.312. The summed E-state index contributed by atoms with van der Waals surface area (Å²) >= 11 is 0. The van der Waals surface area contributed by atoms with E-state index >= 15 is 0 Å². The number of piperazine rings is 1. The van der Waals surface area contributed by atoms with Gasteiger partial charge in [0.25, 0.3) is 5.91 Å². The van der Waals surface area contributed by atoms with Gasteiger partial charge in [-0.3, -0.25) is 24.6 Å².